The van der Waals surface area contributed by atoms with Gasteiger partial charge in [0.2, 0.25) is 0 Å². The van der Waals surface area contributed by atoms with Crippen LogP contribution < -0.4 is 0 Å². The minimum atomic E-state index is -0.783. The van der Waals surface area contributed by atoms with Crippen molar-refractivity contribution in [3.8, 4) is 0 Å². The molecule has 0 atom stereocenters. The number of carboxylic acid groups (broad SMARTS) is 1. The van der Waals surface area contributed by atoms with Crippen molar-refractivity contribution in [2.45, 2.75) is 33.1 Å². The molecule has 1 heterocycles. The van der Waals surface area contributed by atoms with Gasteiger partial charge in [-0.05, 0) is 25.0 Å². The first-order valence-electron chi connectivity index (χ1n) is 6.19. The Morgan fingerprint density at radius 3 is 2.56 bits per heavy atom. The van der Waals surface area contributed by atoms with Crippen LogP contribution in [0.25, 0.3) is 11.1 Å². The molecule has 0 spiro atoms. The van der Waals surface area contributed by atoms with Crippen LogP contribution in [0.5, 0.6) is 0 Å². The van der Waals surface area contributed by atoms with E-state index in [1.165, 1.54) is 0 Å². The molecule has 0 unspecified atom stereocenters. The van der Waals surface area contributed by atoms with E-state index in [1.54, 1.807) is 0 Å². The van der Waals surface area contributed by atoms with Crippen molar-refractivity contribution in [2.24, 2.45) is 5.41 Å². The largest absolute Gasteiger partial charge is 0.481 e. The summed E-state index contributed by atoms with van der Waals surface area (Å²) in [5.74, 6) is -0.281. The van der Waals surface area contributed by atoms with Crippen LogP contribution in [0.4, 0.5) is 0 Å². The van der Waals surface area contributed by atoms with Gasteiger partial charge in [0.15, 0.2) is 11.5 Å². The Morgan fingerprint density at radius 2 is 2.00 bits per heavy atom. The quantitative estimate of drug-likeness (QED) is 0.880. The molecule has 0 amide bonds. The molecule has 2 rings (SSSR count). The molecule has 1 aromatic carbocycles. The minimum absolute atomic E-state index is 0.337. The SMILES string of the molecule is CCC(CC)(Cc1nc2ccccc2o1)C(=O)O. The average Bonchev–Trinajstić information content (AvgIpc) is 2.77. The van der Waals surface area contributed by atoms with Crippen molar-refractivity contribution >= 4 is 17.1 Å². The van der Waals surface area contributed by atoms with Gasteiger partial charge in [-0.25, -0.2) is 4.98 Å². The molecule has 4 nitrogen and oxygen atoms in total. The van der Waals surface area contributed by atoms with Crippen molar-refractivity contribution in [3.63, 3.8) is 0 Å². The van der Waals surface area contributed by atoms with Gasteiger partial charge < -0.3 is 9.52 Å². The van der Waals surface area contributed by atoms with Crippen LogP contribution in [-0.2, 0) is 11.2 Å². The molecule has 18 heavy (non-hydrogen) atoms. The molecule has 0 saturated heterocycles. The predicted octanol–water partition coefficient (Wildman–Crippen LogP) is 3.26. The van der Waals surface area contributed by atoms with E-state index in [2.05, 4.69) is 4.98 Å². The summed E-state index contributed by atoms with van der Waals surface area (Å²) in [4.78, 5) is 15.8. The Kier molecular flexibility index (Phi) is 3.36. The maximum absolute atomic E-state index is 11.4. The molecular formula is C14H17NO3. The molecule has 0 bridgehead atoms. The van der Waals surface area contributed by atoms with Crippen LogP contribution >= 0.6 is 0 Å². The number of benzene rings is 1. The van der Waals surface area contributed by atoms with Gasteiger partial charge in [-0.15, -0.1) is 0 Å². The number of carboxylic acids is 1. The van der Waals surface area contributed by atoms with Gasteiger partial charge >= 0.3 is 5.97 Å². The number of para-hydroxylation sites is 2. The number of oxazole rings is 1. The first-order chi connectivity index (χ1) is 8.61. The fourth-order valence-electron chi connectivity index (χ4n) is 2.16. The van der Waals surface area contributed by atoms with Crippen LogP contribution in [0.15, 0.2) is 28.7 Å². The number of hydrogen-bond donors (Lipinski definition) is 1. The van der Waals surface area contributed by atoms with Gasteiger partial charge in [0.05, 0.1) is 5.41 Å². The lowest BCUT2D eigenvalue weighted by atomic mass is 9.79. The highest BCUT2D eigenvalue weighted by Gasteiger charge is 2.36. The molecule has 0 saturated carbocycles. The monoisotopic (exact) mass is 247 g/mol. The second-order valence-electron chi connectivity index (χ2n) is 4.54. The highest BCUT2D eigenvalue weighted by Crippen LogP contribution is 2.32. The summed E-state index contributed by atoms with van der Waals surface area (Å²) in [5, 5.41) is 9.39. The third kappa shape index (κ3) is 2.10. The number of carbonyl (C=O) groups is 1. The Morgan fingerprint density at radius 1 is 1.33 bits per heavy atom. The predicted molar refractivity (Wildman–Crippen MR) is 68.4 cm³/mol. The lowest BCUT2D eigenvalue weighted by Crippen LogP contribution is -2.32. The van der Waals surface area contributed by atoms with E-state index in [9.17, 15) is 9.90 Å². The summed E-state index contributed by atoms with van der Waals surface area (Å²) >= 11 is 0. The Hall–Kier alpha value is -1.84. The summed E-state index contributed by atoms with van der Waals surface area (Å²) in [6, 6.07) is 7.47. The zero-order valence-corrected chi connectivity index (χ0v) is 10.6. The molecule has 0 aliphatic heterocycles. The van der Waals surface area contributed by atoms with E-state index in [0.29, 0.717) is 30.7 Å². The molecule has 0 fully saturated rings. The van der Waals surface area contributed by atoms with Gasteiger partial charge in [0, 0.05) is 6.42 Å². The van der Waals surface area contributed by atoms with Crippen molar-refractivity contribution in [2.75, 3.05) is 0 Å². The molecule has 2 aromatic rings. The highest BCUT2D eigenvalue weighted by atomic mass is 16.4. The van der Waals surface area contributed by atoms with E-state index >= 15 is 0 Å². The highest BCUT2D eigenvalue weighted by molar-refractivity contribution is 5.75. The van der Waals surface area contributed by atoms with Crippen molar-refractivity contribution in [1.82, 2.24) is 4.98 Å². The van der Waals surface area contributed by atoms with Crippen LogP contribution in [-0.4, -0.2) is 16.1 Å². The fourth-order valence-corrected chi connectivity index (χ4v) is 2.16. The molecule has 1 aromatic heterocycles. The number of nitrogens with zero attached hydrogens (tertiary/aromatic N) is 1. The normalized spacial score (nSPS) is 11.9. The van der Waals surface area contributed by atoms with E-state index < -0.39 is 11.4 Å². The van der Waals surface area contributed by atoms with E-state index in [0.717, 1.165) is 5.52 Å². The first kappa shape index (κ1) is 12.6. The zero-order chi connectivity index (χ0) is 13.2. The maximum atomic E-state index is 11.4. The number of fused-ring (bicyclic) bond motifs is 1. The Bertz CT molecular complexity index is 522. The molecule has 4 heteroatoms. The molecular weight excluding hydrogens is 230 g/mol. The van der Waals surface area contributed by atoms with Crippen LogP contribution in [0.1, 0.15) is 32.6 Å². The zero-order valence-electron chi connectivity index (χ0n) is 10.6. The third-order valence-corrected chi connectivity index (χ3v) is 3.64. The topological polar surface area (TPSA) is 63.3 Å². The second kappa shape index (κ2) is 4.80. The van der Waals surface area contributed by atoms with Crippen molar-refractivity contribution < 1.29 is 14.3 Å². The summed E-state index contributed by atoms with van der Waals surface area (Å²) < 4.78 is 5.60. The van der Waals surface area contributed by atoms with Gasteiger partial charge in [0.25, 0.3) is 0 Å². The average molecular weight is 247 g/mol. The van der Waals surface area contributed by atoms with Crippen LogP contribution in [0, 0.1) is 5.41 Å². The summed E-state index contributed by atoms with van der Waals surface area (Å²) in [6.45, 7) is 3.78. The minimum Gasteiger partial charge on any atom is -0.481 e. The number of aromatic nitrogens is 1. The molecule has 0 aliphatic carbocycles. The van der Waals surface area contributed by atoms with Gasteiger partial charge in [-0.3, -0.25) is 4.79 Å². The summed E-state index contributed by atoms with van der Waals surface area (Å²) in [6.07, 6.45) is 1.47. The lowest BCUT2D eigenvalue weighted by molar-refractivity contribution is -0.149. The van der Waals surface area contributed by atoms with Crippen molar-refractivity contribution in [1.29, 1.82) is 0 Å². The third-order valence-electron chi connectivity index (χ3n) is 3.64. The number of aliphatic carboxylic acids is 1. The van der Waals surface area contributed by atoms with Crippen LogP contribution in [0.2, 0.25) is 0 Å². The standard InChI is InChI=1S/C14H17NO3/c1-3-14(4-2,13(16)17)9-12-15-10-7-5-6-8-11(10)18-12/h5-8H,3-4,9H2,1-2H3,(H,16,17). The smallest absolute Gasteiger partial charge is 0.310 e. The Labute approximate surface area is 106 Å². The molecule has 1 N–H and O–H groups in total. The molecule has 96 valence electrons. The number of hydrogen-bond acceptors (Lipinski definition) is 3. The number of rotatable bonds is 5. The Balaban J connectivity index is 2.34. The molecule has 0 radical (unpaired) electrons. The summed E-state index contributed by atoms with van der Waals surface area (Å²) in [7, 11) is 0. The van der Waals surface area contributed by atoms with Crippen molar-refractivity contribution in [3.05, 3.63) is 30.2 Å². The van der Waals surface area contributed by atoms with E-state index in [4.69, 9.17) is 4.42 Å². The second-order valence-corrected chi connectivity index (χ2v) is 4.54. The summed E-state index contributed by atoms with van der Waals surface area (Å²) in [5.41, 5.74) is 0.707. The van der Waals surface area contributed by atoms with Gasteiger partial charge in [0.1, 0.15) is 5.52 Å². The first-order valence-corrected chi connectivity index (χ1v) is 6.19. The van der Waals surface area contributed by atoms with E-state index in [1.807, 2.05) is 38.1 Å². The van der Waals surface area contributed by atoms with Gasteiger partial charge in [-0.1, -0.05) is 26.0 Å². The van der Waals surface area contributed by atoms with E-state index in [-0.39, 0.29) is 0 Å². The van der Waals surface area contributed by atoms with Gasteiger partial charge in [-0.2, -0.15) is 0 Å². The fraction of sp³-hybridized carbons (Fsp3) is 0.429. The lowest BCUT2D eigenvalue weighted by Gasteiger charge is -2.24. The molecule has 0 aliphatic rings. The maximum Gasteiger partial charge on any atom is 0.310 e. The van der Waals surface area contributed by atoms with Crippen LogP contribution in [0.3, 0.4) is 0 Å².